The molecule has 0 aliphatic heterocycles. The molecule has 0 aromatic heterocycles. The Balaban J connectivity index is 1.80. The van der Waals surface area contributed by atoms with Crippen molar-refractivity contribution in [2.24, 2.45) is 0 Å². The third-order valence-corrected chi connectivity index (χ3v) is 4.88. The summed E-state index contributed by atoms with van der Waals surface area (Å²) >= 11 is 6.02. The van der Waals surface area contributed by atoms with Gasteiger partial charge in [0.2, 0.25) is 0 Å². The Labute approximate surface area is 176 Å². The molecule has 3 aromatic carbocycles. The molecule has 150 valence electrons. The Morgan fingerprint density at radius 3 is 2.34 bits per heavy atom. The molecular formula is C24H24ClNO3. The van der Waals surface area contributed by atoms with Gasteiger partial charge in [0.1, 0.15) is 17.6 Å². The number of carbonyl (C=O) groups is 1. The molecule has 0 bridgehead atoms. The fraction of sp³-hybridized carbons (Fsp3) is 0.208. The van der Waals surface area contributed by atoms with E-state index in [1.54, 1.807) is 43.5 Å². The first-order valence-electron chi connectivity index (χ1n) is 9.46. The van der Waals surface area contributed by atoms with E-state index in [-0.39, 0.29) is 11.9 Å². The molecule has 0 spiro atoms. The van der Waals surface area contributed by atoms with E-state index >= 15 is 0 Å². The molecule has 29 heavy (non-hydrogen) atoms. The van der Waals surface area contributed by atoms with Gasteiger partial charge in [-0.05, 0) is 67.7 Å². The molecule has 0 saturated heterocycles. The molecule has 0 radical (unpaired) electrons. The largest absolute Gasteiger partial charge is 0.497 e. The van der Waals surface area contributed by atoms with E-state index in [2.05, 4.69) is 5.32 Å². The highest BCUT2D eigenvalue weighted by molar-refractivity contribution is 6.30. The van der Waals surface area contributed by atoms with E-state index in [1.807, 2.05) is 43.4 Å². The minimum atomic E-state index is -0.147. The zero-order valence-corrected chi connectivity index (χ0v) is 17.3. The lowest BCUT2D eigenvalue weighted by Gasteiger charge is -2.20. The average Bonchev–Trinajstić information content (AvgIpc) is 2.77. The Bertz CT molecular complexity index is 939. The van der Waals surface area contributed by atoms with Crippen LogP contribution >= 0.6 is 11.6 Å². The summed E-state index contributed by atoms with van der Waals surface area (Å²) in [5.74, 6) is 1.31. The summed E-state index contributed by atoms with van der Waals surface area (Å²) in [6.45, 7) is 0.803. The van der Waals surface area contributed by atoms with E-state index in [9.17, 15) is 4.79 Å². The van der Waals surface area contributed by atoms with Gasteiger partial charge in [-0.15, -0.1) is 0 Å². The van der Waals surface area contributed by atoms with Crippen molar-refractivity contribution >= 4 is 17.4 Å². The lowest BCUT2D eigenvalue weighted by Crippen LogP contribution is -2.16. The van der Waals surface area contributed by atoms with E-state index < -0.39 is 0 Å². The number of ketones is 1. The van der Waals surface area contributed by atoms with E-state index in [1.165, 1.54) is 0 Å². The first-order chi connectivity index (χ1) is 14.1. The van der Waals surface area contributed by atoms with Crippen LogP contribution in [0, 0.1) is 0 Å². The molecule has 0 fully saturated rings. The van der Waals surface area contributed by atoms with Crippen molar-refractivity contribution in [3.8, 4) is 11.5 Å². The van der Waals surface area contributed by atoms with Gasteiger partial charge in [-0.1, -0.05) is 35.9 Å². The second kappa shape index (κ2) is 10.1. The van der Waals surface area contributed by atoms with Crippen molar-refractivity contribution in [3.05, 3.63) is 94.5 Å². The minimum absolute atomic E-state index is 0.0589. The van der Waals surface area contributed by atoms with Crippen molar-refractivity contribution < 1.29 is 14.3 Å². The highest BCUT2D eigenvalue weighted by Crippen LogP contribution is 2.27. The van der Waals surface area contributed by atoms with Gasteiger partial charge < -0.3 is 14.8 Å². The van der Waals surface area contributed by atoms with Gasteiger partial charge in [0.15, 0.2) is 5.78 Å². The Morgan fingerprint density at radius 2 is 1.69 bits per heavy atom. The number of nitrogens with one attached hydrogen (secondary N) is 1. The lowest BCUT2D eigenvalue weighted by atomic mass is 10.0. The summed E-state index contributed by atoms with van der Waals surface area (Å²) < 4.78 is 11.4. The quantitative estimate of drug-likeness (QED) is 0.486. The highest BCUT2D eigenvalue weighted by atomic mass is 35.5. The number of hydrogen-bond acceptors (Lipinski definition) is 4. The summed E-state index contributed by atoms with van der Waals surface area (Å²) in [7, 11) is 3.51. The van der Waals surface area contributed by atoms with Crippen LogP contribution in [0.15, 0.2) is 72.8 Å². The molecule has 3 rings (SSSR count). The van der Waals surface area contributed by atoms with Gasteiger partial charge in [-0.25, -0.2) is 0 Å². The summed E-state index contributed by atoms with van der Waals surface area (Å²) in [5.41, 5.74) is 2.22. The summed E-state index contributed by atoms with van der Waals surface area (Å²) in [6, 6.07) is 22.0. The van der Waals surface area contributed by atoms with Crippen molar-refractivity contribution in [1.29, 1.82) is 0 Å². The molecule has 0 heterocycles. The maximum absolute atomic E-state index is 12.8. The van der Waals surface area contributed by atoms with Gasteiger partial charge in [-0.2, -0.15) is 0 Å². The normalized spacial score (nSPS) is 11.7. The third-order valence-electron chi connectivity index (χ3n) is 4.63. The standard InChI is InChI=1S/C24H24ClNO3/c1-26-15-14-23(17-6-10-20(25)11-7-17)29-22-5-3-4-19(16-22)24(27)18-8-12-21(28-2)13-9-18/h3-13,16,23,26H,14-15H2,1-2H3. The van der Waals surface area contributed by atoms with Crippen LogP contribution in [0.3, 0.4) is 0 Å². The zero-order chi connectivity index (χ0) is 20.6. The molecule has 4 nitrogen and oxygen atoms in total. The molecule has 0 amide bonds. The Hall–Kier alpha value is -2.82. The van der Waals surface area contributed by atoms with Gasteiger partial charge >= 0.3 is 0 Å². The molecule has 1 atom stereocenters. The van der Waals surface area contributed by atoms with Crippen LogP contribution in [0.1, 0.15) is 34.0 Å². The SMILES string of the molecule is CNCCC(Oc1cccc(C(=O)c2ccc(OC)cc2)c1)c1ccc(Cl)cc1. The lowest BCUT2D eigenvalue weighted by molar-refractivity contribution is 0.103. The monoisotopic (exact) mass is 409 g/mol. The molecule has 0 aliphatic rings. The second-order valence-corrected chi connectivity index (χ2v) is 7.07. The molecule has 5 heteroatoms. The van der Waals surface area contributed by atoms with E-state index in [4.69, 9.17) is 21.1 Å². The number of methoxy groups -OCH3 is 1. The average molecular weight is 410 g/mol. The van der Waals surface area contributed by atoms with Gasteiger partial charge in [0, 0.05) is 22.6 Å². The third kappa shape index (κ3) is 5.59. The first kappa shape index (κ1) is 20.9. The molecule has 3 aromatic rings. The molecular weight excluding hydrogens is 386 g/mol. The molecule has 1 N–H and O–H groups in total. The van der Waals surface area contributed by atoms with Crippen molar-refractivity contribution in [2.75, 3.05) is 20.7 Å². The Kier molecular flexibility index (Phi) is 7.28. The highest BCUT2D eigenvalue weighted by Gasteiger charge is 2.15. The zero-order valence-electron chi connectivity index (χ0n) is 16.5. The number of ether oxygens (including phenoxy) is 2. The van der Waals surface area contributed by atoms with Gasteiger partial charge in [-0.3, -0.25) is 4.79 Å². The topological polar surface area (TPSA) is 47.6 Å². The summed E-state index contributed by atoms with van der Waals surface area (Å²) in [4.78, 5) is 12.8. The number of benzene rings is 3. The molecule has 1 unspecified atom stereocenters. The molecule has 0 aliphatic carbocycles. The second-order valence-electron chi connectivity index (χ2n) is 6.64. The van der Waals surface area contributed by atoms with E-state index in [0.29, 0.717) is 27.6 Å². The predicted molar refractivity (Wildman–Crippen MR) is 116 cm³/mol. The van der Waals surface area contributed by atoms with Crippen molar-refractivity contribution in [2.45, 2.75) is 12.5 Å². The maximum Gasteiger partial charge on any atom is 0.193 e. The minimum Gasteiger partial charge on any atom is -0.497 e. The van der Waals surface area contributed by atoms with E-state index in [0.717, 1.165) is 18.5 Å². The smallest absolute Gasteiger partial charge is 0.193 e. The summed E-state index contributed by atoms with van der Waals surface area (Å²) in [6.07, 6.45) is 0.639. The number of carbonyl (C=O) groups excluding carboxylic acids is 1. The first-order valence-corrected chi connectivity index (χ1v) is 9.84. The van der Waals surface area contributed by atoms with Crippen LogP contribution in [-0.4, -0.2) is 26.5 Å². The number of rotatable bonds is 9. The van der Waals surface area contributed by atoms with Crippen molar-refractivity contribution in [1.82, 2.24) is 5.32 Å². The van der Waals surface area contributed by atoms with Crippen LogP contribution in [-0.2, 0) is 0 Å². The molecule has 0 saturated carbocycles. The van der Waals surface area contributed by atoms with Gasteiger partial charge in [0.25, 0.3) is 0 Å². The maximum atomic E-state index is 12.8. The van der Waals surface area contributed by atoms with Crippen LogP contribution in [0.4, 0.5) is 0 Å². The summed E-state index contributed by atoms with van der Waals surface area (Å²) in [5, 5.41) is 3.84. The van der Waals surface area contributed by atoms with Crippen LogP contribution in [0.5, 0.6) is 11.5 Å². The van der Waals surface area contributed by atoms with Crippen LogP contribution in [0.25, 0.3) is 0 Å². The number of hydrogen-bond donors (Lipinski definition) is 1. The van der Waals surface area contributed by atoms with Crippen LogP contribution in [0.2, 0.25) is 5.02 Å². The Morgan fingerprint density at radius 1 is 0.966 bits per heavy atom. The van der Waals surface area contributed by atoms with Crippen molar-refractivity contribution in [3.63, 3.8) is 0 Å². The van der Waals surface area contributed by atoms with Gasteiger partial charge in [0.05, 0.1) is 7.11 Å². The fourth-order valence-electron chi connectivity index (χ4n) is 3.03. The fourth-order valence-corrected chi connectivity index (χ4v) is 3.16. The number of halogens is 1. The van der Waals surface area contributed by atoms with Crippen LogP contribution < -0.4 is 14.8 Å². The predicted octanol–water partition coefficient (Wildman–Crippen LogP) is 5.31.